The van der Waals surface area contributed by atoms with Crippen molar-refractivity contribution in [3.05, 3.63) is 18.1 Å². The van der Waals surface area contributed by atoms with E-state index in [2.05, 4.69) is 9.97 Å². The van der Waals surface area contributed by atoms with Crippen LogP contribution >= 0.6 is 0 Å². The third-order valence-electron chi connectivity index (χ3n) is 3.44. The lowest BCUT2D eigenvalue weighted by molar-refractivity contribution is -0.126. The Morgan fingerprint density at radius 1 is 1.42 bits per heavy atom. The summed E-state index contributed by atoms with van der Waals surface area (Å²) in [5.74, 6) is -2.51. The Hall–Kier alpha value is -1.59. The number of rotatable bonds is 4. The highest BCUT2D eigenvalue weighted by Crippen LogP contribution is 2.36. The molecule has 0 N–H and O–H groups in total. The lowest BCUT2D eigenvalue weighted by atomic mass is 9.83. The minimum absolute atomic E-state index is 0.0312. The van der Waals surface area contributed by atoms with E-state index in [0.717, 1.165) is 0 Å². The van der Waals surface area contributed by atoms with Crippen LogP contribution in [0.2, 0.25) is 0 Å². The van der Waals surface area contributed by atoms with E-state index in [9.17, 15) is 13.6 Å². The van der Waals surface area contributed by atoms with Crippen LogP contribution in [-0.4, -0.2) is 28.8 Å². The molecule has 1 aromatic heterocycles. The number of carbonyl (C=O) groups excluding carboxylic acids is 1. The number of nitrogens with zero attached hydrogens (tertiary/aromatic N) is 2. The Kier molecular flexibility index (Phi) is 4.07. The van der Waals surface area contributed by atoms with Crippen LogP contribution in [0.5, 0.6) is 5.88 Å². The zero-order valence-electron chi connectivity index (χ0n) is 10.7. The molecule has 104 valence electrons. The Labute approximate surface area is 110 Å². The Bertz CT molecular complexity index is 456. The van der Waals surface area contributed by atoms with Gasteiger partial charge in [-0.2, -0.15) is 0 Å². The van der Waals surface area contributed by atoms with Crippen LogP contribution in [-0.2, 0) is 11.2 Å². The van der Waals surface area contributed by atoms with Gasteiger partial charge in [-0.1, -0.05) is 0 Å². The first kappa shape index (κ1) is 13.8. The summed E-state index contributed by atoms with van der Waals surface area (Å²) >= 11 is 0. The molecular formula is C13H16F2N2O2. The van der Waals surface area contributed by atoms with Crippen molar-refractivity contribution in [3.8, 4) is 5.88 Å². The number of ether oxygens (including phenoxy) is 1. The average molecular weight is 270 g/mol. The van der Waals surface area contributed by atoms with Gasteiger partial charge in [-0.15, -0.1) is 0 Å². The first-order valence-corrected chi connectivity index (χ1v) is 6.25. The fraction of sp³-hybridized carbons (Fsp3) is 0.615. The molecule has 4 nitrogen and oxygen atoms in total. The maximum atomic E-state index is 13.0. The van der Waals surface area contributed by atoms with Crippen molar-refractivity contribution in [3.63, 3.8) is 0 Å². The van der Waals surface area contributed by atoms with Crippen LogP contribution in [0.1, 0.15) is 31.4 Å². The minimum Gasteiger partial charge on any atom is -0.481 e. The Balaban J connectivity index is 1.94. The quantitative estimate of drug-likeness (QED) is 0.843. The summed E-state index contributed by atoms with van der Waals surface area (Å²) in [6.07, 6.45) is 1.60. The molecule has 1 saturated carbocycles. The molecule has 0 aromatic carbocycles. The van der Waals surface area contributed by atoms with Crippen LogP contribution in [0.15, 0.2) is 12.4 Å². The van der Waals surface area contributed by atoms with E-state index in [-0.39, 0.29) is 43.8 Å². The Morgan fingerprint density at radius 2 is 2.11 bits per heavy atom. The standard InChI is InChI=1S/C13H16F2N2O2/c1-19-12-7-10(16-8-17-12)6-11(18)9-2-4-13(14,15)5-3-9/h7-9H,2-6H2,1H3. The van der Waals surface area contributed by atoms with Crippen LogP contribution in [0.25, 0.3) is 0 Å². The van der Waals surface area contributed by atoms with Gasteiger partial charge in [0.25, 0.3) is 0 Å². The molecule has 1 aliphatic carbocycles. The summed E-state index contributed by atoms with van der Waals surface area (Å²) < 4.78 is 31.0. The molecule has 0 spiro atoms. The van der Waals surface area contributed by atoms with E-state index < -0.39 is 5.92 Å². The number of alkyl halides is 2. The highest BCUT2D eigenvalue weighted by Gasteiger charge is 2.37. The fourth-order valence-corrected chi connectivity index (χ4v) is 2.27. The van der Waals surface area contributed by atoms with E-state index in [1.54, 1.807) is 6.07 Å². The molecule has 0 saturated heterocycles. The summed E-state index contributed by atoms with van der Waals surface area (Å²) in [6.45, 7) is 0. The monoisotopic (exact) mass is 270 g/mol. The fourth-order valence-electron chi connectivity index (χ4n) is 2.27. The van der Waals surface area contributed by atoms with E-state index in [0.29, 0.717) is 11.6 Å². The molecule has 2 rings (SSSR count). The van der Waals surface area contributed by atoms with Crippen LogP contribution in [0.3, 0.4) is 0 Å². The molecule has 0 radical (unpaired) electrons. The second kappa shape index (κ2) is 5.59. The molecule has 1 aromatic rings. The number of carbonyl (C=O) groups is 1. The third-order valence-corrected chi connectivity index (χ3v) is 3.44. The van der Waals surface area contributed by atoms with Gasteiger partial charge in [-0.25, -0.2) is 18.7 Å². The van der Waals surface area contributed by atoms with Crippen molar-refractivity contribution in [2.75, 3.05) is 7.11 Å². The molecule has 1 fully saturated rings. The van der Waals surface area contributed by atoms with Crippen LogP contribution in [0, 0.1) is 5.92 Å². The van der Waals surface area contributed by atoms with Crippen molar-refractivity contribution in [1.82, 2.24) is 9.97 Å². The van der Waals surface area contributed by atoms with Crippen LogP contribution < -0.4 is 4.74 Å². The number of Topliss-reactive ketones (excluding diaryl/α,β-unsaturated/α-hetero) is 1. The van der Waals surface area contributed by atoms with Crippen molar-refractivity contribution >= 4 is 5.78 Å². The van der Waals surface area contributed by atoms with Crippen molar-refractivity contribution in [1.29, 1.82) is 0 Å². The summed E-state index contributed by atoms with van der Waals surface area (Å²) in [5.41, 5.74) is 0.564. The number of hydrogen-bond donors (Lipinski definition) is 0. The number of halogens is 2. The van der Waals surface area contributed by atoms with Gasteiger partial charge < -0.3 is 4.74 Å². The van der Waals surface area contributed by atoms with Gasteiger partial charge in [0.05, 0.1) is 12.8 Å². The highest BCUT2D eigenvalue weighted by atomic mass is 19.3. The maximum Gasteiger partial charge on any atom is 0.248 e. The topological polar surface area (TPSA) is 52.1 Å². The molecule has 0 bridgehead atoms. The number of ketones is 1. The number of methoxy groups -OCH3 is 1. The summed E-state index contributed by atoms with van der Waals surface area (Å²) in [6, 6.07) is 1.59. The predicted molar refractivity (Wildman–Crippen MR) is 64.2 cm³/mol. The normalized spacial score (nSPS) is 19.1. The van der Waals surface area contributed by atoms with Gasteiger partial charge in [-0.3, -0.25) is 4.79 Å². The van der Waals surface area contributed by atoms with Gasteiger partial charge in [0.2, 0.25) is 11.8 Å². The molecule has 0 unspecified atom stereocenters. The summed E-state index contributed by atoms with van der Waals surface area (Å²) in [7, 11) is 1.48. The van der Waals surface area contributed by atoms with Crippen molar-refractivity contribution in [2.45, 2.75) is 38.0 Å². The van der Waals surface area contributed by atoms with Gasteiger partial charge in [0, 0.05) is 31.2 Å². The zero-order valence-corrected chi connectivity index (χ0v) is 10.7. The van der Waals surface area contributed by atoms with Crippen molar-refractivity contribution in [2.24, 2.45) is 5.92 Å². The lowest BCUT2D eigenvalue weighted by Gasteiger charge is -2.27. The molecular weight excluding hydrogens is 254 g/mol. The van der Waals surface area contributed by atoms with Gasteiger partial charge in [-0.05, 0) is 12.8 Å². The second-order valence-corrected chi connectivity index (χ2v) is 4.83. The lowest BCUT2D eigenvalue weighted by Crippen LogP contribution is -2.29. The van der Waals surface area contributed by atoms with Gasteiger partial charge in [0.15, 0.2) is 0 Å². The van der Waals surface area contributed by atoms with Crippen LogP contribution in [0.4, 0.5) is 8.78 Å². The van der Waals surface area contributed by atoms with Gasteiger partial charge >= 0.3 is 0 Å². The maximum absolute atomic E-state index is 13.0. The highest BCUT2D eigenvalue weighted by molar-refractivity contribution is 5.83. The molecule has 0 atom stereocenters. The summed E-state index contributed by atoms with van der Waals surface area (Å²) in [4.78, 5) is 19.9. The molecule has 6 heteroatoms. The first-order valence-electron chi connectivity index (χ1n) is 6.25. The molecule has 1 aliphatic rings. The molecule has 19 heavy (non-hydrogen) atoms. The summed E-state index contributed by atoms with van der Waals surface area (Å²) in [5, 5.41) is 0. The van der Waals surface area contributed by atoms with Crippen molar-refractivity contribution < 1.29 is 18.3 Å². The third kappa shape index (κ3) is 3.68. The SMILES string of the molecule is COc1cc(CC(=O)C2CCC(F)(F)CC2)ncn1. The predicted octanol–water partition coefficient (Wildman–Crippen LogP) is 2.42. The molecule has 1 heterocycles. The van der Waals surface area contributed by atoms with E-state index >= 15 is 0 Å². The largest absolute Gasteiger partial charge is 0.481 e. The number of hydrogen-bond acceptors (Lipinski definition) is 4. The zero-order chi connectivity index (χ0) is 13.9. The average Bonchev–Trinajstić information content (AvgIpc) is 2.38. The number of aromatic nitrogens is 2. The second-order valence-electron chi connectivity index (χ2n) is 4.83. The molecule has 0 amide bonds. The van der Waals surface area contributed by atoms with E-state index in [1.165, 1.54) is 13.4 Å². The van der Waals surface area contributed by atoms with Gasteiger partial charge in [0.1, 0.15) is 12.1 Å². The van der Waals surface area contributed by atoms with E-state index in [1.807, 2.05) is 0 Å². The first-order chi connectivity index (χ1) is 9.00. The minimum atomic E-state index is -2.60. The smallest absolute Gasteiger partial charge is 0.248 e. The van der Waals surface area contributed by atoms with E-state index in [4.69, 9.17) is 4.74 Å². The Morgan fingerprint density at radius 3 is 2.74 bits per heavy atom. The molecule has 0 aliphatic heterocycles.